The molecule has 1 aromatic heterocycles. The molecular formula is C35H50N4O8S. The Morgan fingerprint density at radius 2 is 1.56 bits per heavy atom. The second kappa shape index (κ2) is 23.3. The van der Waals surface area contributed by atoms with Crippen LogP contribution in [0.4, 0.5) is 0 Å². The molecule has 1 aromatic carbocycles. The molecule has 48 heavy (non-hydrogen) atoms. The highest BCUT2D eigenvalue weighted by atomic mass is 32.1. The van der Waals surface area contributed by atoms with E-state index in [2.05, 4.69) is 37.2 Å². The summed E-state index contributed by atoms with van der Waals surface area (Å²) >= 11 is 4.67. The summed E-state index contributed by atoms with van der Waals surface area (Å²) in [7, 11) is 0. The van der Waals surface area contributed by atoms with Gasteiger partial charge in [-0.05, 0) is 60.8 Å². The molecule has 1 saturated heterocycles. The maximum absolute atomic E-state index is 11.9. The van der Waals surface area contributed by atoms with Crippen molar-refractivity contribution in [1.29, 1.82) is 0 Å². The molecule has 1 atom stereocenters. The molecule has 0 aliphatic carbocycles. The molecule has 2 heterocycles. The average Bonchev–Trinajstić information content (AvgIpc) is 3.08. The summed E-state index contributed by atoms with van der Waals surface area (Å²) in [6.07, 6.45) is 4.29. The van der Waals surface area contributed by atoms with Crippen molar-refractivity contribution in [3.8, 4) is 0 Å². The molecule has 0 unspecified atom stereocenters. The zero-order chi connectivity index (χ0) is 34.4. The third-order valence-corrected chi connectivity index (χ3v) is 8.24. The fourth-order valence-corrected chi connectivity index (χ4v) is 5.65. The average molecular weight is 687 g/mol. The molecule has 0 amide bonds. The van der Waals surface area contributed by atoms with Gasteiger partial charge in [-0.15, -0.1) is 0 Å². The second-order valence-corrected chi connectivity index (χ2v) is 11.8. The van der Waals surface area contributed by atoms with Crippen LogP contribution in [0.25, 0.3) is 0 Å². The molecule has 0 spiro atoms. The van der Waals surface area contributed by atoms with E-state index in [4.69, 9.17) is 18.9 Å². The number of pyridine rings is 1. The van der Waals surface area contributed by atoms with Crippen molar-refractivity contribution in [3.05, 3.63) is 64.5 Å². The topological polar surface area (TPSA) is 143 Å². The Hall–Kier alpha value is -3.13. The van der Waals surface area contributed by atoms with E-state index < -0.39 is 11.9 Å². The quantitative estimate of drug-likeness (QED) is 0.175. The van der Waals surface area contributed by atoms with Crippen LogP contribution in [0.5, 0.6) is 0 Å². The Labute approximate surface area is 289 Å². The van der Waals surface area contributed by atoms with Gasteiger partial charge in [0.1, 0.15) is 5.69 Å². The standard InChI is InChI=1S/C35H50N4O8S/c1-2-31-28(8-6-11-32(31)34(40)41)24-38-14-18-44-22-23-45-19-15-39(25-29-9-7-12-33(37-29)35(42)43)16-20-46-26-30(47-21-17-38)10-4-3-5-13-36-27-48/h6-9,11-12,30H,2-5,10,13-26H2,1H3,(H,40,41)(H,42,43)/t30-/m1/s1. The number of carbonyl (C=O) groups is 2. The lowest BCUT2D eigenvalue weighted by molar-refractivity contribution is -0.0370. The van der Waals surface area contributed by atoms with Gasteiger partial charge < -0.3 is 29.2 Å². The van der Waals surface area contributed by atoms with Crippen LogP contribution in [-0.2, 0) is 38.5 Å². The Morgan fingerprint density at radius 1 is 0.875 bits per heavy atom. The molecule has 1 aliphatic heterocycles. The van der Waals surface area contributed by atoms with E-state index >= 15 is 0 Å². The first kappa shape index (κ1) is 39.3. The predicted molar refractivity (Wildman–Crippen MR) is 185 cm³/mol. The molecule has 0 bridgehead atoms. The molecule has 3 rings (SSSR count). The number of rotatable bonds is 13. The van der Waals surface area contributed by atoms with Crippen molar-refractivity contribution in [2.45, 2.75) is 58.2 Å². The largest absolute Gasteiger partial charge is 0.478 e. The molecular weight excluding hydrogens is 636 g/mol. The first-order valence-corrected chi connectivity index (χ1v) is 17.2. The second-order valence-electron chi connectivity index (χ2n) is 11.6. The molecule has 2 aromatic rings. The van der Waals surface area contributed by atoms with Gasteiger partial charge in [0.15, 0.2) is 0 Å². The zero-order valence-corrected chi connectivity index (χ0v) is 28.8. The summed E-state index contributed by atoms with van der Waals surface area (Å²) in [5, 5.41) is 21.5. The van der Waals surface area contributed by atoms with Crippen molar-refractivity contribution in [3.63, 3.8) is 0 Å². The minimum absolute atomic E-state index is 0.0192. The van der Waals surface area contributed by atoms with E-state index in [1.54, 1.807) is 18.2 Å². The number of aromatic nitrogens is 1. The van der Waals surface area contributed by atoms with E-state index in [1.807, 2.05) is 19.1 Å². The van der Waals surface area contributed by atoms with E-state index in [1.165, 1.54) is 6.07 Å². The minimum Gasteiger partial charge on any atom is -0.478 e. The molecule has 13 heteroatoms. The van der Waals surface area contributed by atoms with Crippen LogP contribution in [0.15, 0.2) is 41.4 Å². The maximum atomic E-state index is 11.9. The van der Waals surface area contributed by atoms with Crippen molar-refractivity contribution in [2.24, 2.45) is 4.99 Å². The fourth-order valence-electron chi connectivity index (χ4n) is 5.56. The first-order valence-electron chi connectivity index (χ1n) is 16.8. The molecule has 1 fully saturated rings. The number of isothiocyanates is 1. The third-order valence-electron chi connectivity index (χ3n) is 8.12. The van der Waals surface area contributed by atoms with Gasteiger partial charge in [-0.2, -0.15) is 0 Å². The van der Waals surface area contributed by atoms with Gasteiger partial charge in [-0.1, -0.05) is 38.0 Å². The number of ether oxygens (including phenoxy) is 4. The van der Waals surface area contributed by atoms with Crippen molar-refractivity contribution >= 4 is 29.3 Å². The number of thiocarbonyl (C=S) groups is 1. The molecule has 1 aliphatic rings. The normalized spacial score (nSPS) is 18.3. The monoisotopic (exact) mass is 686 g/mol. The lowest BCUT2D eigenvalue weighted by atomic mass is 9.98. The van der Waals surface area contributed by atoms with Crippen LogP contribution < -0.4 is 0 Å². The summed E-state index contributed by atoms with van der Waals surface area (Å²) < 4.78 is 24.3. The summed E-state index contributed by atoms with van der Waals surface area (Å²) in [5.41, 5.74) is 2.88. The number of aliphatic imine (C=N–C) groups is 1. The molecule has 0 radical (unpaired) electrons. The molecule has 12 nitrogen and oxygen atoms in total. The van der Waals surface area contributed by atoms with Crippen LogP contribution >= 0.6 is 12.2 Å². The van der Waals surface area contributed by atoms with E-state index in [0.717, 1.165) is 36.8 Å². The fraction of sp³-hybridized carbons (Fsp3) is 0.600. The van der Waals surface area contributed by atoms with Crippen LogP contribution in [0.1, 0.15) is 70.3 Å². The summed E-state index contributed by atoms with van der Waals surface area (Å²) in [6.45, 7) is 9.53. The first-order chi connectivity index (χ1) is 23.4. The maximum Gasteiger partial charge on any atom is 0.354 e. The summed E-state index contributed by atoms with van der Waals surface area (Å²) in [4.78, 5) is 35.9. The van der Waals surface area contributed by atoms with Gasteiger partial charge in [-0.3, -0.25) is 9.80 Å². The SMILES string of the molecule is CCc1c(CN2CCOCCOCCN(Cc3cccc(C(=O)O)n3)CCOC[C@@H](CCCCCN=C=S)OCC2)cccc1C(=O)O. The van der Waals surface area contributed by atoms with Crippen molar-refractivity contribution in [2.75, 3.05) is 79.0 Å². The number of hydrogen-bond donors (Lipinski definition) is 2. The van der Waals surface area contributed by atoms with E-state index in [-0.39, 0.29) is 11.8 Å². The van der Waals surface area contributed by atoms with Crippen LogP contribution in [0.3, 0.4) is 0 Å². The third kappa shape index (κ3) is 15.0. The number of aromatic carboxylic acids is 2. The highest BCUT2D eigenvalue weighted by Gasteiger charge is 2.17. The number of carboxylic acids is 2. The molecule has 0 saturated carbocycles. The van der Waals surface area contributed by atoms with Crippen LogP contribution in [0, 0.1) is 0 Å². The highest BCUT2D eigenvalue weighted by molar-refractivity contribution is 7.78. The number of unbranched alkanes of at least 4 members (excludes halogenated alkanes) is 2. The number of hydrogen-bond acceptors (Lipinski definition) is 11. The Kier molecular flexibility index (Phi) is 19.1. The number of benzene rings is 1. The molecule has 264 valence electrons. The predicted octanol–water partition coefficient (Wildman–Crippen LogP) is 4.46. The van der Waals surface area contributed by atoms with E-state index in [0.29, 0.717) is 110 Å². The van der Waals surface area contributed by atoms with Crippen LogP contribution in [0.2, 0.25) is 0 Å². The van der Waals surface area contributed by atoms with E-state index in [9.17, 15) is 19.8 Å². The van der Waals surface area contributed by atoms with Gasteiger partial charge in [0.05, 0.1) is 68.8 Å². The lowest BCUT2D eigenvalue weighted by Crippen LogP contribution is -2.34. The lowest BCUT2D eigenvalue weighted by Gasteiger charge is -2.26. The van der Waals surface area contributed by atoms with Gasteiger partial charge in [-0.25, -0.2) is 19.6 Å². The zero-order valence-electron chi connectivity index (χ0n) is 28.0. The number of nitrogens with zero attached hydrogens (tertiary/aromatic N) is 4. The van der Waals surface area contributed by atoms with Crippen molar-refractivity contribution in [1.82, 2.24) is 14.8 Å². The van der Waals surface area contributed by atoms with Crippen LogP contribution in [-0.4, -0.2) is 127 Å². The Morgan fingerprint density at radius 3 is 2.25 bits per heavy atom. The minimum atomic E-state index is -1.05. The Bertz CT molecular complexity index is 1310. The van der Waals surface area contributed by atoms with Gasteiger partial charge in [0, 0.05) is 45.8 Å². The summed E-state index contributed by atoms with van der Waals surface area (Å²) in [6, 6.07) is 10.5. The highest BCUT2D eigenvalue weighted by Crippen LogP contribution is 2.18. The van der Waals surface area contributed by atoms with Crippen molar-refractivity contribution < 1.29 is 38.7 Å². The van der Waals surface area contributed by atoms with Gasteiger partial charge >= 0.3 is 11.9 Å². The smallest absolute Gasteiger partial charge is 0.354 e. The van der Waals surface area contributed by atoms with Gasteiger partial charge in [0.2, 0.25) is 0 Å². The Balaban J connectivity index is 1.66. The number of carboxylic acid groups (broad SMARTS) is 2. The summed E-state index contributed by atoms with van der Waals surface area (Å²) in [5.74, 6) is -1.97. The molecule has 2 N–H and O–H groups in total. The van der Waals surface area contributed by atoms with Gasteiger partial charge in [0.25, 0.3) is 0 Å².